The lowest BCUT2D eigenvalue weighted by Crippen LogP contribution is -2.46. The third kappa shape index (κ3) is 4.50. The average molecular weight is 357 g/mol. The summed E-state index contributed by atoms with van der Waals surface area (Å²) < 4.78 is 39.3. The van der Waals surface area contributed by atoms with Crippen LogP contribution in [0.4, 0.5) is 4.39 Å². The van der Waals surface area contributed by atoms with Gasteiger partial charge in [0.2, 0.25) is 15.9 Å². The average Bonchev–Trinajstić information content (AvgIpc) is 2.49. The van der Waals surface area contributed by atoms with E-state index in [0.29, 0.717) is 4.31 Å². The lowest BCUT2D eigenvalue weighted by atomic mass is 10.2. The van der Waals surface area contributed by atoms with Gasteiger partial charge in [-0.3, -0.25) is 9.59 Å². The van der Waals surface area contributed by atoms with Crippen molar-refractivity contribution in [2.24, 2.45) is 0 Å². The third-order valence-electron chi connectivity index (χ3n) is 3.14. The first-order valence-electron chi connectivity index (χ1n) is 6.80. The second-order valence-electron chi connectivity index (χ2n) is 4.87. The van der Waals surface area contributed by atoms with Crippen LogP contribution in [0.1, 0.15) is 19.4 Å². The van der Waals surface area contributed by atoms with E-state index >= 15 is 0 Å². The van der Waals surface area contributed by atoms with Crippen LogP contribution in [0.2, 0.25) is 0 Å². The normalized spacial score (nSPS) is 12.5. The standard InChI is InChI=1S/C14H16FN3O5S/c1-9(14(20)21)18(6-5-17-10(2)19)24(22,23)13-4-3-12(15)7-11(13)8-16/h3-4,7,9H,5-6H2,1-2H3,(H,17,19)(H,20,21). The Bertz CT molecular complexity index is 788. The molecule has 0 radical (unpaired) electrons. The van der Waals surface area contributed by atoms with Crippen LogP contribution in [0, 0.1) is 17.1 Å². The number of nitriles is 1. The summed E-state index contributed by atoms with van der Waals surface area (Å²) in [7, 11) is -4.39. The van der Waals surface area contributed by atoms with Crippen LogP contribution in [0.5, 0.6) is 0 Å². The van der Waals surface area contributed by atoms with Crippen molar-refractivity contribution >= 4 is 21.9 Å². The number of nitrogens with zero attached hydrogens (tertiary/aromatic N) is 2. The van der Waals surface area contributed by atoms with Gasteiger partial charge in [0.25, 0.3) is 0 Å². The largest absolute Gasteiger partial charge is 0.480 e. The molecule has 1 rings (SSSR count). The Morgan fingerprint density at radius 3 is 2.58 bits per heavy atom. The first-order chi connectivity index (χ1) is 11.1. The Morgan fingerprint density at radius 1 is 1.46 bits per heavy atom. The number of sulfonamides is 1. The fourth-order valence-corrected chi connectivity index (χ4v) is 3.64. The zero-order chi connectivity index (χ0) is 18.5. The molecule has 0 aliphatic carbocycles. The molecular weight excluding hydrogens is 341 g/mol. The molecule has 1 aromatic rings. The zero-order valence-electron chi connectivity index (χ0n) is 13.0. The highest BCUT2D eigenvalue weighted by Gasteiger charge is 2.34. The molecule has 0 bridgehead atoms. The molecule has 0 saturated heterocycles. The van der Waals surface area contributed by atoms with E-state index in [1.807, 2.05) is 0 Å². The fourth-order valence-electron chi connectivity index (χ4n) is 1.93. The number of aliphatic carboxylic acids is 1. The van der Waals surface area contributed by atoms with Crippen molar-refractivity contribution in [2.45, 2.75) is 24.8 Å². The number of nitrogens with one attached hydrogen (secondary N) is 1. The van der Waals surface area contributed by atoms with Crippen LogP contribution in [-0.4, -0.2) is 48.8 Å². The Kier molecular flexibility index (Phi) is 6.39. The molecule has 1 atom stereocenters. The van der Waals surface area contributed by atoms with Gasteiger partial charge in [0.05, 0.1) is 5.56 Å². The van der Waals surface area contributed by atoms with Crippen LogP contribution < -0.4 is 5.32 Å². The van der Waals surface area contributed by atoms with Crippen molar-refractivity contribution in [1.29, 1.82) is 5.26 Å². The van der Waals surface area contributed by atoms with E-state index in [1.54, 1.807) is 6.07 Å². The molecule has 24 heavy (non-hydrogen) atoms. The van der Waals surface area contributed by atoms with Crippen molar-refractivity contribution in [2.75, 3.05) is 13.1 Å². The molecule has 0 fully saturated rings. The van der Waals surface area contributed by atoms with E-state index in [-0.39, 0.29) is 13.1 Å². The predicted molar refractivity (Wildman–Crippen MR) is 80.8 cm³/mol. The maximum atomic E-state index is 13.2. The number of carboxylic acid groups (broad SMARTS) is 1. The molecule has 2 N–H and O–H groups in total. The molecule has 0 aliphatic rings. The molecule has 0 spiro atoms. The van der Waals surface area contributed by atoms with Crippen molar-refractivity contribution in [3.05, 3.63) is 29.6 Å². The van der Waals surface area contributed by atoms with Gasteiger partial charge in [-0.05, 0) is 25.1 Å². The van der Waals surface area contributed by atoms with Gasteiger partial charge in [-0.25, -0.2) is 12.8 Å². The van der Waals surface area contributed by atoms with Crippen LogP contribution in [0.3, 0.4) is 0 Å². The number of amides is 1. The van der Waals surface area contributed by atoms with Crippen molar-refractivity contribution in [3.8, 4) is 6.07 Å². The SMILES string of the molecule is CC(=O)NCCN(C(C)C(=O)O)S(=O)(=O)c1ccc(F)cc1C#N. The van der Waals surface area contributed by atoms with Gasteiger partial charge >= 0.3 is 5.97 Å². The quantitative estimate of drug-likeness (QED) is 0.722. The zero-order valence-corrected chi connectivity index (χ0v) is 13.8. The maximum absolute atomic E-state index is 13.2. The summed E-state index contributed by atoms with van der Waals surface area (Å²) in [5.41, 5.74) is -0.433. The number of benzene rings is 1. The van der Waals surface area contributed by atoms with E-state index in [0.717, 1.165) is 25.1 Å². The molecule has 130 valence electrons. The van der Waals surface area contributed by atoms with Gasteiger partial charge in [-0.2, -0.15) is 9.57 Å². The van der Waals surface area contributed by atoms with E-state index in [4.69, 9.17) is 10.4 Å². The summed E-state index contributed by atoms with van der Waals surface area (Å²) in [5, 5.41) is 20.5. The van der Waals surface area contributed by atoms with Crippen LogP contribution in [-0.2, 0) is 19.6 Å². The lowest BCUT2D eigenvalue weighted by molar-refractivity contribution is -0.140. The first kappa shape index (κ1) is 19.5. The van der Waals surface area contributed by atoms with Crippen molar-refractivity contribution in [1.82, 2.24) is 9.62 Å². The summed E-state index contributed by atoms with van der Waals surface area (Å²) >= 11 is 0. The summed E-state index contributed by atoms with van der Waals surface area (Å²) in [6, 6.07) is 2.66. The monoisotopic (exact) mass is 357 g/mol. The van der Waals surface area contributed by atoms with Crippen LogP contribution in [0.25, 0.3) is 0 Å². The van der Waals surface area contributed by atoms with Gasteiger partial charge in [0, 0.05) is 20.0 Å². The third-order valence-corrected chi connectivity index (χ3v) is 5.17. The Balaban J connectivity index is 3.31. The van der Waals surface area contributed by atoms with Gasteiger partial charge < -0.3 is 10.4 Å². The van der Waals surface area contributed by atoms with Gasteiger partial charge in [0.1, 0.15) is 22.8 Å². The summed E-state index contributed by atoms with van der Waals surface area (Å²) in [6.45, 7) is 1.95. The van der Waals surface area contributed by atoms with Crippen LogP contribution in [0.15, 0.2) is 23.1 Å². The van der Waals surface area contributed by atoms with E-state index < -0.39 is 44.2 Å². The second kappa shape index (κ2) is 7.85. The molecule has 0 heterocycles. The van der Waals surface area contributed by atoms with Crippen molar-refractivity contribution in [3.63, 3.8) is 0 Å². The molecular formula is C14H16FN3O5S. The number of hydrogen-bond acceptors (Lipinski definition) is 5. The first-order valence-corrected chi connectivity index (χ1v) is 8.24. The smallest absolute Gasteiger partial charge is 0.321 e. The maximum Gasteiger partial charge on any atom is 0.321 e. The summed E-state index contributed by atoms with van der Waals surface area (Å²) in [6.07, 6.45) is 0. The molecule has 10 heteroatoms. The molecule has 1 unspecified atom stereocenters. The summed E-state index contributed by atoms with van der Waals surface area (Å²) in [4.78, 5) is 21.6. The van der Waals surface area contributed by atoms with Gasteiger partial charge in [0.15, 0.2) is 0 Å². The Morgan fingerprint density at radius 2 is 2.08 bits per heavy atom. The molecule has 0 saturated carbocycles. The van der Waals surface area contributed by atoms with E-state index in [1.165, 1.54) is 6.92 Å². The highest BCUT2D eigenvalue weighted by molar-refractivity contribution is 7.89. The number of carboxylic acids is 1. The minimum absolute atomic E-state index is 0.116. The van der Waals surface area contributed by atoms with Crippen LogP contribution >= 0.6 is 0 Å². The number of rotatable bonds is 7. The molecule has 0 aliphatic heterocycles. The Labute approximate surface area is 138 Å². The van der Waals surface area contributed by atoms with Gasteiger partial charge in [-0.1, -0.05) is 0 Å². The van der Waals surface area contributed by atoms with Gasteiger partial charge in [-0.15, -0.1) is 0 Å². The highest BCUT2D eigenvalue weighted by Crippen LogP contribution is 2.22. The minimum Gasteiger partial charge on any atom is -0.480 e. The number of hydrogen-bond donors (Lipinski definition) is 2. The molecule has 8 nitrogen and oxygen atoms in total. The molecule has 0 aromatic heterocycles. The van der Waals surface area contributed by atoms with E-state index in [2.05, 4.69) is 5.32 Å². The predicted octanol–water partition coefficient (Wildman–Crippen LogP) is 0.297. The highest BCUT2D eigenvalue weighted by atomic mass is 32.2. The number of carbonyl (C=O) groups excluding carboxylic acids is 1. The molecule has 1 aromatic carbocycles. The number of halogens is 1. The fraction of sp³-hybridized carbons (Fsp3) is 0.357. The minimum atomic E-state index is -4.39. The molecule has 1 amide bonds. The van der Waals surface area contributed by atoms with E-state index in [9.17, 15) is 22.4 Å². The number of carbonyl (C=O) groups is 2. The lowest BCUT2D eigenvalue weighted by Gasteiger charge is -2.26. The Hall–Kier alpha value is -2.51. The van der Waals surface area contributed by atoms with Crippen molar-refractivity contribution < 1.29 is 27.5 Å². The topological polar surface area (TPSA) is 128 Å². The summed E-state index contributed by atoms with van der Waals surface area (Å²) in [5.74, 6) is -2.60. The second-order valence-corrected chi connectivity index (χ2v) is 6.72.